The molecule has 0 aromatic carbocycles. The lowest BCUT2D eigenvalue weighted by Crippen LogP contribution is -2.45. The number of alkyl halides is 3. The summed E-state index contributed by atoms with van der Waals surface area (Å²) in [5, 5.41) is 7.31. The Balaban J connectivity index is 0.00000320. The standard InChI is InChI=1S/C19H28ClF3N6.HI/c1-2-24-18(26-10-14-5-8-28(11-14)13-19(21,22)23)27-15-6-9-29(12-15)17-16(20)4-3-7-25-17;/h3-4,7,14-15H,2,5-6,8-13H2,1H3,(H2,24,26,27);1H. The van der Waals surface area contributed by atoms with Gasteiger partial charge in [-0.25, -0.2) is 4.98 Å². The van der Waals surface area contributed by atoms with Crippen LogP contribution in [-0.2, 0) is 0 Å². The van der Waals surface area contributed by atoms with E-state index in [4.69, 9.17) is 11.6 Å². The lowest BCUT2D eigenvalue weighted by atomic mass is 10.1. The highest BCUT2D eigenvalue weighted by Crippen LogP contribution is 2.26. The predicted octanol–water partition coefficient (Wildman–Crippen LogP) is 3.37. The maximum Gasteiger partial charge on any atom is 0.401 e. The maximum absolute atomic E-state index is 12.5. The number of aromatic nitrogens is 1. The van der Waals surface area contributed by atoms with Gasteiger partial charge in [0.2, 0.25) is 0 Å². The fourth-order valence-corrected chi connectivity index (χ4v) is 4.11. The van der Waals surface area contributed by atoms with Crippen molar-refractivity contribution in [1.29, 1.82) is 0 Å². The van der Waals surface area contributed by atoms with Crippen molar-refractivity contribution in [3.05, 3.63) is 23.4 Å². The van der Waals surface area contributed by atoms with Crippen LogP contribution < -0.4 is 15.5 Å². The van der Waals surface area contributed by atoms with Gasteiger partial charge in [-0.3, -0.25) is 9.89 Å². The number of halogens is 5. The third-order valence-electron chi connectivity index (χ3n) is 5.19. The van der Waals surface area contributed by atoms with Gasteiger partial charge in [-0.05, 0) is 44.4 Å². The van der Waals surface area contributed by atoms with E-state index in [1.807, 2.05) is 19.1 Å². The Morgan fingerprint density at radius 2 is 2.10 bits per heavy atom. The third-order valence-corrected chi connectivity index (χ3v) is 5.49. The highest BCUT2D eigenvalue weighted by molar-refractivity contribution is 14.0. The zero-order chi connectivity index (χ0) is 20.9. The van der Waals surface area contributed by atoms with E-state index in [-0.39, 0.29) is 35.9 Å². The first kappa shape index (κ1) is 25.3. The molecule has 0 aliphatic carbocycles. The Kier molecular flexibility index (Phi) is 9.73. The number of anilines is 1. The van der Waals surface area contributed by atoms with E-state index in [1.54, 1.807) is 6.20 Å². The fraction of sp³-hybridized carbons (Fsp3) is 0.684. The van der Waals surface area contributed by atoms with Crippen molar-refractivity contribution in [3.8, 4) is 0 Å². The molecule has 2 fully saturated rings. The van der Waals surface area contributed by atoms with Crippen LogP contribution in [0.2, 0.25) is 5.02 Å². The van der Waals surface area contributed by atoms with Gasteiger partial charge in [0.05, 0.1) is 11.6 Å². The number of rotatable bonds is 6. The monoisotopic (exact) mass is 560 g/mol. The quantitative estimate of drug-likeness (QED) is 0.318. The fourth-order valence-electron chi connectivity index (χ4n) is 3.87. The Morgan fingerprint density at radius 3 is 2.80 bits per heavy atom. The molecule has 3 rings (SSSR count). The molecule has 3 heterocycles. The van der Waals surface area contributed by atoms with E-state index in [2.05, 4.69) is 25.5 Å². The second kappa shape index (κ2) is 11.6. The van der Waals surface area contributed by atoms with Gasteiger partial charge < -0.3 is 15.5 Å². The molecule has 2 N–H and O–H groups in total. The van der Waals surface area contributed by atoms with Crippen molar-refractivity contribution in [2.24, 2.45) is 10.9 Å². The summed E-state index contributed by atoms with van der Waals surface area (Å²) < 4.78 is 37.6. The Bertz CT molecular complexity index is 705. The average molecular weight is 561 g/mol. The van der Waals surface area contributed by atoms with Crippen LogP contribution in [0, 0.1) is 5.92 Å². The van der Waals surface area contributed by atoms with Crippen LogP contribution in [0.1, 0.15) is 19.8 Å². The summed E-state index contributed by atoms with van der Waals surface area (Å²) in [6, 6.07) is 3.85. The summed E-state index contributed by atoms with van der Waals surface area (Å²) in [6.45, 7) is 4.94. The molecule has 0 radical (unpaired) electrons. The van der Waals surface area contributed by atoms with Gasteiger partial charge in [0, 0.05) is 45.0 Å². The zero-order valence-electron chi connectivity index (χ0n) is 17.0. The summed E-state index contributed by atoms with van der Waals surface area (Å²) in [6.07, 6.45) is -0.731. The topological polar surface area (TPSA) is 55.8 Å². The maximum atomic E-state index is 12.5. The SMILES string of the molecule is CCNC(=NCC1CCN(CC(F)(F)F)C1)NC1CCN(c2ncccc2Cl)C1.I. The van der Waals surface area contributed by atoms with Gasteiger partial charge in [0.1, 0.15) is 5.82 Å². The minimum atomic E-state index is -4.14. The molecule has 1 aromatic heterocycles. The van der Waals surface area contributed by atoms with E-state index in [0.29, 0.717) is 30.6 Å². The molecule has 2 saturated heterocycles. The highest BCUT2D eigenvalue weighted by atomic mass is 127. The van der Waals surface area contributed by atoms with Crippen LogP contribution in [-0.4, -0.2) is 73.9 Å². The molecule has 0 saturated carbocycles. The molecule has 6 nitrogen and oxygen atoms in total. The van der Waals surface area contributed by atoms with Crippen molar-refractivity contribution < 1.29 is 13.2 Å². The molecule has 0 bridgehead atoms. The second-order valence-electron chi connectivity index (χ2n) is 7.61. The number of guanidine groups is 1. The molecule has 2 aliphatic heterocycles. The molecular formula is C19H29ClF3IN6. The average Bonchev–Trinajstić information content (AvgIpc) is 3.28. The summed E-state index contributed by atoms with van der Waals surface area (Å²) >= 11 is 6.25. The summed E-state index contributed by atoms with van der Waals surface area (Å²) in [7, 11) is 0. The van der Waals surface area contributed by atoms with Crippen molar-refractivity contribution in [3.63, 3.8) is 0 Å². The molecule has 1 aromatic rings. The number of nitrogens with zero attached hydrogens (tertiary/aromatic N) is 4. The highest BCUT2D eigenvalue weighted by Gasteiger charge is 2.34. The number of nitrogens with one attached hydrogen (secondary N) is 2. The van der Waals surface area contributed by atoms with Crippen LogP contribution in [0.4, 0.5) is 19.0 Å². The summed E-state index contributed by atoms with van der Waals surface area (Å²) in [4.78, 5) is 12.6. The first-order valence-electron chi connectivity index (χ1n) is 10.0. The van der Waals surface area contributed by atoms with Gasteiger partial charge in [0.25, 0.3) is 0 Å². The zero-order valence-corrected chi connectivity index (χ0v) is 20.0. The van der Waals surface area contributed by atoms with Gasteiger partial charge in [-0.2, -0.15) is 13.2 Å². The van der Waals surface area contributed by atoms with E-state index in [1.165, 1.54) is 4.90 Å². The van der Waals surface area contributed by atoms with Crippen LogP contribution >= 0.6 is 35.6 Å². The van der Waals surface area contributed by atoms with Gasteiger partial charge in [-0.15, -0.1) is 24.0 Å². The molecule has 30 heavy (non-hydrogen) atoms. The summed E-state index contributed by atoms with van der Waals surface area (Å²) in [5.74, 6) is 1.65. The lowest BCUT2D eigenvalue weighted by Gasteiger charge is -2.20. The number of hydrogen-bond acceptors (Lipinski definition) is 4. The van der Waals surface area contributed by atoms with Crippen LogP contribution in [0.3, 0.4) is 0 Å². The number of hydrogen-bond donors (Lipinski definition) is 2. The van der Waals surface area contributed by atoms with Crippen LogP contribution in [0.15, 0.2) is 23.3 Å². The molecule has 11 heteroatoms. The van der Waals surface area contributed by atoms with E-state index in [0.717, 1.165) is 38.3 Å². The Morgan fingerprint density at radius 1 is 1.30 bits per heavy atom. The minimum Gasteiger partial charge on any atom is -0.357 e. The van der Waals surface area contributed by atoms with E-state index >= 15 is 0 Å². The van der Waals surface area contributed by atoms with Crippen molar-refractivity contribution >= 4 is 47.4 Å². The van der Waals surface area contributed by atoms with Crippen LogP contribution in [0.5, 0.6) is 0 Å². The number of pyridine rings is 1. The van der Waals surface area contributed by atoms with Gasteiger partial charge in [0.15, 0.2) is 5.96 Å². The smallest absolute Gasteiger partial charge is 0.357 e. The van der Waals surface area contributed by atoms with Crippen LogP contribution in [0.25, 0.3) is 0 Å². The lowest BCUT2D eigenvalue weighted by molar-refractivity contribution is -0.143. The van der Waals surface area contributed by atoms with Crippen molar-refractivity contribution in [1.82, 2.24) is 20.5 Å². The van der Waals surface area contributed by atoms with Crippen molar-refractivity contribution in [2.75, 3.05) is 50.7 Å². The van der Waals surface area contributed by atoms with Gasteiger partial charge in [-0.1, -0.05) is 11.6 Å². The first-order chi connectivity index (χ1) is 13.8. The van der Waals surface area contributed by atoms with Crippen molar-refractivity contribution in [2.45, 2.75) is 32.0 Å². The number of aliphatic imine (C=N–C) groups is 1. The molecule has 170 valence electrons. The molecule has 0 amide bonds. The normalized spacial score (nSPS) is 22.8. The van der Waals surface area contributed by atoms with E-state index in [9.17, 15) is 13.2 Å². The Hall–Kier alpha value is -1.01. The molecule has 2 atom stereocenters. The number of likely N-dealkylation sites (tertiary alicyclic amines) is 1. The molecular weight excluding hydrogens is 532 g/mol. The van der Waals surface area contributed by atoms with E-state index < -0.39 is 12.7 Å². The largest absolute Gasteiger partial charge is 0.401 e. The molecule has 2 unspecified atom stereocenters. The second-order valence-corrected chi connectivity index (χ2v) is 8.02. The Labute approximate surface area is 197 Å². The first-order valence-corrected chi connectivity index (χ1v) is 10.4. The molecule has 2 aliphatic rings. The molecule has 0 spiro atoms. The minimum absolute atomic E-state index is 0. The van der Waals surface area contributed by atoms with Gasteiger partial charge >= 0.3 is 6.18 Å². The predicted molar refractivity (Wildman–Crippen MR) is 125 cm³/mol. The third kappa shape index (κ3) is 7.60. The summed E-state index contributed by atoms with van der Waals surface area (Å²) in [5.41, 5.74) is 0.